The molecule has 0 saturated heterocycles. The Hall–Kier alpha value is -2.88. The van der Waals surface area contributed by atoms with Gasteiger partial charge in [-0.3, -0.25) is 9.59 Å². The number of carbonyl (C=O) groups is 2. The third-order valence-corrected chi connectivity index (χ3v) is 3.40. The molecular formula is C15H18F2N6O2. The lowest BCUT2D eigenvalue weighted by atomic mass is 10.2. The molecular weight excluding hydrogens is 334 g/mol. The largest absolute Gasteiger partial charge is 0.325 e. The average Bonchev–Trinajstić information content (AvgIpc) is 3.09. The summed E-state index contributed by atoms with van der Waals surface area (Å²) in [5, 5.41) is 9.03. The maximum atomic E-state index is 12.2. The summed E-state index contributed by atoms with van der Waals surface area (Å²) in [6.07, 6.45) is -0.587. The van der Waals surface area contributed by atoms with Gasteiger partial charge in [0.1, 0.15) is 18.7 Å². The fraction of sp³-hybridized carbons (Fsp3) is 0.333. The van der Waals surface area contributed by atoms with Gasteiger partial charge in [0.15, 0.2) is 0 Å². The summed E-state index contributed by atoms with van der Waals surface area (Å²) in [5.41, 5.74) is 6.27. The van der Waals surface area contributed by atoms with Crippen LogP contribution in [-0.2, 0) is 9.59 Å². The summed E-state index contributed by atoms with van der Waals surface area (Å²) in [5.74, 6) is -0.988. The zero-order chi connectivity index (χ0) is 18.4. The van der Waals surface area contributed by atoms with E-state index in [1.807, 2.05) is 0 Å². The van der Waals surface area contributed by atoms with E-state index in [-0.39, 0.29) is 5.91 Å². The van der Waals surface area contributed by atoms with Gasteiger partial charge in [-0.1, -0.05) is 0 Å². The fourth-order valence-corrected chi connectivity index (χ4v) is 1.96. The van der Waals surface area contributed by atoms with Crippen LogP contribution in [0.1, 0.15) is 19.4 Å². The van der Waals surface area contributed by atoms with Crippen LogP contribution in [-0.4, -0.2) is 39.0 Å². The van der Waals surface area contributed by atoms with Crippen LogP contribution in [0.25, 0.3) is 0 Å². The summed E-state index contributed by atoms with van der Waals surface area (Å²) in [4.78, 5) is 27.6. The van der Waals surface area contributed by atoms with E-state index in [0.717, 1.165) is 0 Å². The van der Waals surface area contributed by atoms with E-state index in [1.54, 1.807) is 19.1 Å². The minimum Gasteiger partial charge on any atom is -0.325 e. The van der Waals surface area contributed by atoms with Crippen molar-refractivity contribution in [3.05, 3.63) is 36.9 Å². The normalized spacial score (nSPS) is 13.3. The Labute approximate surface area is 142 Å². The van der Waals surface area contributed by atoms with Crippen molar-refractivity contribution in [1.29, 1.82) is 0 Å². The molecule has 2 aromatic rings. The number of carbonyl (C=O) groups excluding carboxylic acids is 2. The number of nitrogens with two attached hydrogens (primary N) is 1. The van der Waals surface area contributed by atoms with E-state index in [1.165, 1.54) is 29.5 Å². The lowest BCUT2D eigenvalue weighted by Crippen LogP contribution is -2.37. The van der Waals surface area contributed by atoms with Crippen molar-refractivity contribution in [2.45, 2.75) is 31.9 Å². The van der Waals surface area contributed by atoms with Crippen molar-refractivity contribution >= 4 is 23.2 Å². The minimum atomic E-state index is -2.65. The number of hydrogen-bond donors (Lipinski definition) is 3. The van der Waals surface area contributed by atoms with E-state index in [4.69, 9.17) is 5.73 Å². The first kappa shape index (κ1) is 18.5. The minimum absolute atomic E-state index is 0.291. The molecule has 2 amide bonds. The molecule has 2 atom stereocenters. The third kappa shape index (κ3) is 5.31. The van der Waals surface area contributed by atoms with Gasteiger partial charge in [0.25, 0.3) is 0 Å². The molecule has 0 spiro atoms. The Morgan fingerprint density at radius 2 is 1.72 bits per heavy atom. The zero-order valence-electron chi connectivity index (χ0n) is 13.4. The molecule has 134 valence electrons. The van der Waals surface area contributed by atoms with Crippen molar-refractivity contribution in [2.75, 3.05) is 10.6 Å². The van der Waals surface area contributed by atoms with E-state index in [9.17, 15) is 18.4 Å². The number of alkyl halides is 2. The van der Waals surface area contributed by atoms with Gasteiger partial charge in [-0.05, 0) is 31.2 Å². The molecule has 0 aliphatic heterocycles. The Morgan fingerprint density at radius 1 is 1.16 bits per heavy atom. The molecule has 0 aliphatic carbocycles. The number of aromatic nitrogens is 3. The molecule has 4 N–H and O–H groups in total. The molecule has 2 unspecified atom stereocenters. The highest BCUT2D eigenvalue weighted by molar-refractivity contribution is 5.96. The van der Waals surface area contributed by atoms with Crippen LogP contribution in [0.15, 0.2) is 36.9 Å². The molecule has 1 aromatic heterocycles. The van der Waals surface area contributed by atoms with Crippen LogP contribution >= 0.6 is 0 Å². The van der Waals surface area contributed by atoms with E-state index < -0.39 is 30.8 Å². The van der Waals surface area contributed by atoms with E-state index in [2.05, 4.69) is 20.7 Å². The first-order valence-electron chi connectivity index (χ1n) is 7.46. The fourth-order valence-electron chi connectivity index (χ4n) is 1.96. The predicted molar refractivity (Wildman–Crippen MR) is 87.0 cm³/mol. The molecule has 0 bridgehead atoms. The van der Waals surface area contributed by atoms with E-state index >= 15 is 0 Å². The standard InChI is InChI=1S/C15H18F2N6O2/c1-9(23-8-19-7-20-23)14(24)21-10-2-4-11(5-3-10)22-15(25)12(18)6-13(16)17/h2-5,7-9,12-13H,6,18H2,1H3,(H,21,24)(H,22,25). The van der Waals surface area contributed by atoms with Crippen molar-refractivity contribution < 1.29 is 18.4 Å². The van der Waals surface area contributed by atoms with Crippen molar-refractivity contribution in [3.8, 4) is 0 Å². The Morgan fingerprint density at radius 3 is 2.20 bits per heavy atom. The van der Waals surface area contributed by atoms with Gasteiger partial charge < -0.3 is 16.4 Å². The maximum Gasteiger partial charge on any atom is 0.249 e. The number of benzene rings is 1. The van der Waals surface area contributed by atoms with E-state index in [0.29, 0.717) is 11.4 Å². The van der Waals surface area contributed by atoms with Gasteiger partial charge in [0.05, 0.1) is 6.04 Å². The quantitative estimate of drug-likeness (QED) is 0.697. The van der Waals surface area contributed by atoms with Gasteiger partial charge in [0.2, 0.25) is 18.2 Å². The monoisotopic (exact) mass is 352 g/mol. The Kier molecular flexibility index (Phi) is 6.12. The van der Waals surface area contributed by atoms with Crippen LogP contribution in [0.2, 0.25) is 0 Å². The predicted octanol–water partition coefficient (Wildman–Crippen LogP) is 1.40. The molecule has 0 aliphatic rings. The van der Waals surface area contributed by atoms with Gasteiger partial charge >= 0.3 is 0 Å². The summed E-state index contributed by atoms with van der Waals surface area (Å²) in [6.45, 7) is 1.67. The first-order valence-corrected chi connectivity index (χ1v) is 7.46. The van der Waals surface area contributed by atoms with Crippen molar-refractivity contribution in [1.82, 2.24) is 14.8 Å². The highest BCUT2D eigenvalue weighted by Crippen LogP contribution is 2.16. The van der Waals surface area contributed by atoms with Gasteiger partial charge in [0, 0.05) is 17.8 Å². The van der Waals surface area contributed by atoms with Crippen LogP contribution in [0.3, 0.4) is 0 Å². The van der Waals surface area contributed by atoms with Crippen molar-refractivity contribution in [2.24, 2.45) is 5.73 Å². The smallest absolute Gasteiger partial charge is 0.249 e. The van der Waals surface area contributed by atoms with Crippen molar-refractivity contribution in [3.63, 3.8) is 0 Å². The molecule has 10 heteroatoms. The third-order valence-electron chi connectivity index (χ3n) is 3.40. The maximum absolute atomic E-state index is 12.2. The number of nitrogens with zero attached hydrogens (tertiary/aromatic N) is 3. The second kappa shape index (κ2) is 8.29. The van der Waals surface area contributed by atoms with Gasteiger partial charge in [-0.15, -0.1) is 0 Å². The van der Waals surface area contributed by atoms with Crippen LogP contribution in [0, 0.1) is 0 Å². The highest BCUT2D eigenvalue weighted by atomic mass is 19.3. The Bertz CT molecular complexity index is 705. The van der Waals surface area contributed by atoms with Gasteiger partial charge in [-0.2, -0.15) is 5.10 Å². The molecule has 1 aromatic carbocycles. The molecule has 25 heavy (non-hydrogen) atoms. The number of rotatable bonds is 7. The van der Waals surface area contributed by atoms with Crippen LogP contribution in [0.5, 0.6) is 0 Å². The lowest BCUT2D eigenvalue weighted by Gasteiger charge is -2.14. The summed E-state index contributed by atoms with van der Waals surface area (Å²) in [6, 6.07) is 4.36. The molecule has 2 rings (SSSR count). The molecule has 0 saturated carbocycles. The number of nitrogens with one attached hydrogen (secondary N) is 2. The zero-order valence-corrected chi connectivity index (χ0v) is 13.4. The second-order valence-corrected chi connectivity index (χ2v) is 5.34. The molecule has 0 fully saturated rings. The number of halogens is 2. The summed E-state index contributed by atoms with van der Waals surface area (Å²) in [7, 11) is 0. The first-order chi connectivity index (χ1) is 11.9. The number of hydrogen-bond acceptors (Lipinski definition) is 5. The number of amides is 2. The average molecular weight is 352 g/mol. The SMILES string of the molecule is CC(C(=O)Nc1ccc(NC(=O)C(N)CC(F)F)cc1)n1cncn1. The summed E-state index contributed by atoms with van der Waals surface area (Å²) < 4.78 is 25.8. The molecule has 1 heterocycles. The lowest BCUT2D eigenvalue weighted by molar-refractivity contribution is -0.119. The van der Waals surface area contributed by atoms with Gasteiger partial charge in [-0.25, -0.2) is 18.4 Å². The van der Waals surface area contributed by atoms with Crippen LogP contribution < -0.4 is 16.4 Å². The molecule has 8 nitrogen and oxygen atoms in total. The second-order valence-electron chi connectivity index (χ2n) is 5.34. The Balaban J connectivity index is 1.91. The topological polar surface area (TPSA) is 115 Å². The number of anilines is 2. The van der Waals surface area contributed by atoms with Crippen LogP contribution in [0.4, 0.5) is 20.2 Å². The summed E-state index contributed by atoms with van der Waals surface area (Å²) >= 11 is 0. The highest BCUT2D eigenvalue weighted by Gasteiger charge is 2.19. The molecule has 0 radical (unpaired) electrons.